The van der Waals surface area contributed by atoms with E-state index in [1.54, 1.807) is 0 Å². The minimum atomic E-state index is 0.969. The van der Waals surface area contributed by atoms with Gasteiger partial charge in [0.05, 0.1) is 6.34 Å². The SMILES string of the molecule is C/C=C\N(C)C=NCCCCCCCCCC. The molecule has 100 valence electrons. The first-order chi connectivity index (χ1) is 8.31. The molecular weight excluding hydrogens is 208 g/mol. The lowest BCUT2D eigenvalue weighted by atomic mass is 10.1. The van der Waals surface area contributed by atoms with Crippen molar-refractivity contribution in [3.05, 3.63) is 12.3 Å². The highest BCUT2D eigenvalue weighted by Crippen LogP contribution is 2.08. The molecular formula is C15H30N2. The van der Waals surface area contributed by atoms with Gasteiger partial charge in [0.1, 0.15) is 0 Å². The minimum Gasteiger partial charge on any atom is -0.343 e. The van der Waals surface area contributed by atoms with Crippen LogP contribution in [0, 0.1) is 0 Å². The van der Waals surface area contributed by atoms with E-state index in [4.69, 9.17) is 0 Å². The Bertz CT molecular complexity index is 197. The van der Waals surface area contributed by atoms with Crippen LogP contribution in [0.2, 0.25) is 0 Å². The van der Waals surface area contributed by atoms with Gasteiger partial charge < -0.3 is 4.90 Å². The number of nitrogens with zero attached hydrogens (tertiary/aromatic N) is 2. The van der Waals surface area contributed by atoms with Gasteiger partial charge in [0, 0.05) is 19.8 Å². The molecule has 0 fully saturated rings. The fourth-order valence-electron chi connectivity index (χ4n) is 1.80. The highest BCUT2D eigenvalue weighted by molar-refractivity contribution is 5.55. The van der Waals surface area contributed by atoms with E-state index >= 15 is 0 Å². The van der Waals surface area contributed by atoms with Gasteiger partial charge in [-0.2, -0.15) is 0 Å². The predicted molar refractivity (Wildman–Crippen MR) is 78.5 cm³/mol. The first-order valence-corrected chi connectivity index (χ1v) is 7.16. The summed E-state index contributed by atoms with van der Waals surface area (Å²) < 4.78 is 0. The van der Waals surface area contributed by atoms with E-state index in [0.717, 1.165) is 6.54 Å². The lowest BCUT2D eigenvalue weighted by Gasteiger charge is -2.04. The largest absolute Gasteiger partial charge is 0.343 e. The maximum absolute atomic E-state index is 4.39. The van der Waals surface area contributed by atoms with Crippen molar-refractivity contribution < 1.29 is 0 Å². The zero-order valence-corrected chi connectivity index (χ0v) is 12.0. The summed E-state index contributed by atoms with van der Waals surface area (Å²) in [5.74, 6) is 0. The maximum atomic E-state index is 4.39. The average Bonchev–Trinajstić information content (AvgIpc) is 2.32. The van der Waals surface area contributed by atoms with Gasteiger partial charge in [-0.3, -0.25) is 4.99 Å². The Balaban J connectivity index is 3.18. The van der Waals surface area contributed by atoms with Gasteiger partial charge in [0.2, 0.25) is 0 Å². The Morgan fingerprint density at radius 1 is 0.941 bits per heavy atom. The Labute approximate surface area is 108 Å². The van der Waals surface area contributed by atoms with Crippen molar-refractivity contribution in [2.75, 3.05) is 13.6 Å². The minimum absolute atomic E-state index is 0.969. The first kappa shape index (κ1) is 16.2. The predicted octanol–water partition coefficient (Wildman–Crippen LogP) is 4.62. The molecule has 0 unspecified atom stereocenters. The Morgan fingerprint density at radius 3 is 2.12 bits per heavy atom. The summed E-state index contributed by atoms with van der Waals surface area (Å²) in [5.41, 5.74) is 0. The van der Waals surface area contributed by atoms with E-state index in [1.807, 2.05) is 37.5 Å². The van der Waals surface area contributed by atoms with Crippen molar-refractivity contribution >= 4 is 6.34 Å². The standard InChI is InChI=1S/C15H30N2/c1-4-6-7-8-9-10-11-12-13-16-15-17(3)14-5-2/h5,14-15H,4,6-13H2,1-3H3/b14-5-,16-15?. The van der Waals surface area contributed by atoms with Crippen LogP contribution in [0.25, 0.3) is 0 Å². The molecule has 0 amide bonds. The summed E-state index contributed by atoms with van der Waals surface area (Å²) in [7, 11) is 2.01. The van der Waals surface area contributed by atoms with Crippen LogP contribution in [-0.2, 0) is 0 Å². The van der Waals surface area contributed by atoms with E-state index < -0.39 is 0 Å². The molecule has 0 aromatic carbocycles. The third-order valence-electron chi connectivity index (χ3n) is 2.79. The van der Waals surface area contributed by atoms with E-state index in [-0.39, 0.29) is 0 Å². The lowest BCUT2D eigenvalue weighted by molar-refractivity contribution is 0.577. The van der Waals surface area contributed by atoms with Gasteiger partial charge in [-0.25, -0.2) is 0 Å². The van der Waals surface area contributed by atoms with Crippen LogP contribution in [-0.4, -0.2) is 24.8 Å². The van der Waals surface area contributed by atoms with Gasteiger partial charge >= 0.3 is 0 Å². The molecule has 2 heteroatoms. The number of unbranched alkanes of at least 4 members (excludes halogenated alkanes) is 7. The fraction of sp³-hybridized carbons (Fsp3) is 0.800. The average molecular weight is 238 g/mol. The van der Waals surface area contributed by atoms with Crippen molar-refractivity contribution in [1.82, 2.24) is 4.90 Å². The van der Waals surface area contributed by atoms with Crippen LogP contribution in [0.3, 0.4) is 0 Å². The van der Waals surface area contributed by atoms with Gasteiger partial charge in [0.15, 0.2) is 0 Å². The molecule has 2 nitrogen and oxygen atoms in total. The molecule has 0 N–H and O–H groups in total. The van der Waals surface area contributed by atoms with Gasteiger partial charge in [-0.05, 0) is 13.3 Å². The zero-order chi connectivity index (χ0) is 12.8. The van der Waals surface area contributed by atoms with E-state index in [1.165, 1.54) is 51.4 Å². The fourth-order valence-corrected chi connectivity index (χ4v) is 1.80. The molecule has 0 aliphatic carbocycles. The topological polar surface area (TPSA) is 15.6 Å². The van der Waals surface area contributed by atoms with Crippen molar-refractivity contribution in [2.24, 2.45) is 4.99 Å². The van der Waals surface area contributed by atoms with Crippen molar-refractivity contribution in [2.45, 2.75) is 65.2 Å². The lowest BCUT2D eigenvalue weighted by Crippen LogP contribution is -2.07. The summed E-state index contributed by atoms with van der Waals surface area (Å²) in [5, 5.41) is 0. The van der Waals surface area contributed by atoms with E-state index in [9.17, 15) is 0 Å². The number of aliphatic imine (C=N–C) groups is 1. The van der Waals surface area contributed by atoms with E-state index in [2.05, 4.69) is 11.9 Å². The highest BCUT2D eigenvalue weighted by Gasteiger charge is 1.90. The smallest absolute Gasteiger partial charge is 0.0886 e. The van der Waals surface area contributed by atoms with Crippen molar-refractivity contribution in [1.29, 1.82) is 0 Å². The molecule has 0 spiro atoms. The van der Waals surface area contributed by atoms with Crippen LogP contribution in [0.5, 0.6) is 0 Å². The Hall–Kier alpha value is -0.790. The third kappa shape index (κ3) is 13.1. The molecule has 0 aromatic rings. The quantitative estimate of drug-likeness (QED) is 0.291. The molecule has 0 radical (unpaired) electrons. The van der Waals surface area contributed by atoms with Crippen LogP contribution >= 0.6 is 0 Å². The summed E-state index contributed by atoms with van der Waals surface area (Å²) in [4.78, 5) is 6.38. The van der Waals surface area contributed by atoms with Gasteiger partial charge in [-0.1, -0.05) is 57.9 Å². The summed E-state index contributed by atoms with van der Waals surface area (Å²) >= 11 is 0. The molecule has 0 heterocycles. The van der Waals surface area contributed by atoms with Crippen molar-refractivity contribution in [3.63, 3.8) is 0 Å². The van der Waals surface area contributed by atoms with E-state index in [0.29, 0.717) is 0 Å². The molecule has 0 aliphatic heterocycles. The normalized spacial score (nSPS) is 11.7. The van der Waals surface area contributed by atoms with Crippen LogP contribution in [0.4, 0.5) is 0 Å². The molecule has 0 aromatic heterocycles. The highest BCUT2D eigenvalue weighted by atomic mass is 15.1. The molecule has 0 bridgehead atoms. The molecule has 0 saturated heterocycles. The maximum Gasteiger partial charge on any atom is 0.0886 e. The number of hydrogen-bond acceptors (Lipinski definition) is 1. The second-order valence-electron chi connectivity index (χ2n) is 4.64. The molecule has 0 aliphatic rings. The molecule has 17 heavy (non-hydrogen) atoms. The van der Waals surface area contributed by atoms with Crippen LogP contribution < -0.4 is 0 Å². The summed E-state index contributed by atoms with van der Waals surface area (Å²) in [6, 6.07) is 0. The first-order valence-electron chi connectivity index (χ1n) is 7.16. The molecule has 0 rings (SSSR count). The summed E-state index contributed by atoms with van der Waals surface area (Å²) in [6.07, 6.45) is 16.9. The molecule has 0 atom stereocenters. The van der Waals surface area contributed by atoms with Crippen LogP contribution in [0.1, 0.15) is 65.2 Å². The number of hydrogen-bond donors (Lipinski definition) is 0. The Kier molecular flexibility index (Phi) is 12.7. The second-order valence-corrected chi connectivity index (χ2v) is 4.64. The summed E-state index contributed by atoms with van der Waals surface area (Å²) in [6.45, 7) is 5.25. The number of allylic oxidation sites excluding steroid dienone is 1. The zero-order valence-electron chi connectivity index (χ0n) is 12.0. The monoisotopic (exact) mass is 238 g/mol. The van der Waals surface area contributed by atoms with Gasteiger partial charge in [0.25, 0.3) is 0 Å². The van der Waals surface area contributed by atoms with Gasteiger partial charge in [-0.15, -0.1) is 0 Å². The van der Waals surface area contributed by atoms with Crippen molar-refractivity contribution in [3.8, 4) is 0 Å². The third-order valence-corrected chi connectivity index (χ3v) is 2.79. The Morgan fingerprint density at radius 2 is 1.53 bits per heavy atom. The second kappa shape index (κ2) is 13.3. The number of rotatable bonds is 11. The molecule has 0 saturated carbocycles. The van der Waals surface area contributed by atoms with Crippen LogP contribution in [0.15, 0.2) is 17.3 Å².